The molecule has 0 bridgehead atoms. The molecule has 1 aromatic carbocycles. The Bertz CT molecular complexity index is 621. The summed E-state index contributed by atoms with van der Waals surface area (Å²) in [7, 11) is 0. The van der Waals surface area contributed by atoms with E-state index >= 15 is 0 Å². The van der Waals surface area contributed by atoms with E-state index in [-0.39, 0.29) is 5.91 Å². The van der Waals surface area contributed by atoms with Crippen molar-refractivity contribution in [1.82, 2.24) is 15.5 Å². The maximum Gasteiger partial charge on any atom is 0.217 e. The standard InChI is InChI=1S/C12H10BrN3O/c1-8(17)14-6-2-3-11-10-5-4-9(13)7-12(10)16-15-11/h4-5,7H,6H2,1H3,(H,14,17)(H,15,16). The van der Waals surface area contributed by atoms with Crippen molar-refractivity contribution in [3.8, 4) is 11.8 Å². The Labute approximate surface area is 107 Å². The zero-order valence-corrected chi connectivity index (χ0v) is 10.8. The molecular formula is C12H10BrN3O. The number of aromatic amines is 1. The monoisotopic (exact) mass is 291 g/mol. The SMILES string of the molecule is CC(=O)NCC#Cc1[nH]nc2cc(Br)ccc12. The van der Waals surface area contributed by atoms with Gasteiger partial charge >= 0.3 is 0 Å². The molecule has 0 fully saturated rings. The summed E-state index contributed by atoms with van der Waals surface area (Å²) in [4.78, 5) is 10.7. The van der Waals surface area contributed by atoms with Crippen LogP contribution in [0.4, 0.5) is 0 Å². The van der Waals surface area contributed by atoms with Gasteiger partial charge in [-0.1, -0.05) is 21.9 Å². The Balaban J connectivity index is 2.22. The van der Waals surface area contributed by atoms with Gasteiger partial charge < -0.3 is 5.32 Å². The lowest BCUT2D eigenvalue weighted by Gasteiger charge is -1.91. The second-order valence-corrected chi connectivity index (χ2v) is 4.39. The van der Waals surface area contributed by atoms with E-state index in [1.54, 1.807) is 0 Å². The average molecular weight is 292 g/mol. The third kappa shape index (κ3) is 2.86. The first kappa shape index (κ1) is 11.7. The number of hydrogen-bond acceptors (Lipinski definition) is 2. The van der Waals surface area contributed by atoms with Crippen LogP contribution in [0.1, 0.15) is 12.6 Å². The number of nitrogens with one attached hydrogen (secondary N) is 2. The van der Waals surface area contributed by atoms with Gasteiger partial charge in [-0.25, -0.2) is 0 Å². The molecule has 0 saturated carbocycles. The summed E-state index contributed by atoms with van der Waals surface area (Å²) >= 11 is 3.38. The van der Waals surface area contributed by atoms with E-state index in [4.69, 9.17) is 0 Å². The molecule has 0 aliphatic carbocycles. The Kier molecular flexibility index (Phi) is 3.45. The quantitative estimate of drug-likeness (QED) is 0.788. The third-order valence-electron chi connectivity index (χ3n) is 2.16. The number of fused-ring (bicyclic) bond motifs is 1. The first-order valence-electron chi connectivity index (χ1n) is 5.04. The smallest absolute Gasteiger partial charge is 0.217 e. The summed E-state index contributed by atoms with van der Waals surface area (Å²) in [6.45, 7) is 1.80. The number of benzene rings is 1. The first-order chi connectivity index (χ1) is 8.16. The van der Waals surface area contributed by atoms with E-state index in [2.05, 4.69) is 43.3 Å². The second kappa shape index (κ2) is 5.02. The highest BCUT2D eigenvalue weighted by molar-refractivity contribution is 9.10. The van der Waals surface area contributed by atoms with Crippen molar-refractivity contribution >= 4 is 32.7 Å². The van der Waals surface area contributed by atoms with E-state index in [9.17, 15) is 4.79 Å². The number of amides is 1. The highest BCUT2D eigenvalue weighted by Gasteiger charge is 2.02. The molecule has 2 aromatic rings. The van der Waals surface area contributed by atoms with E-state index in [1.807, 2.05) is 18.2 Å². The van der Waals surface area contributed by atoms with Gasteiger partial charge in [0, 0.05) is 16.8 Å². The molecule has 0 radical (unpaired) electrons. The molecule has 86 valence electrons. The van der Waals surface area contributed by atoms with Gasteiger partial charge in [0.1, 0.15) is 5.69 Å². The largest absolute Gasteiger partial charge is 0.345 e. The Morgan fingerprint density at radius 1 is 1.59 bits per heavy atom. The number of aromatic nitrogens is 2. The maximum atomic E-state index is 10.7. The van der Waals surface area contributed by atoms with Gasteiger partial charge in [0.25, 0.3) is 0 Å². The Morgan fingerprint density at radius 3 is 3.18 bits per heavy atom. The highest BCUT2D eigenvalue weighted by atomic mass is 79.9. The lowest BCUT2D eigenvalue weighted by atomic mass is 10.2. The van der Waals surface area contributed by atoms with E-state index in [1.165, 1.54) is 6.92 Å². The van der Waals surface area contributed by atoms with Crippen molar-refractivity contribution in [2.75, 3.05) is 6.54 Å². The molecule has 1 amide bonds. The molecule has 2 rings (SSSR count). The number of carbonyl (C=O) groups is 1. The zero-order valence-electron chi connectivity index (χ0n) is 9.17. The molecule has 4 nitrogen and oxygen atoms in total. The van der Waals surface area contributed by atoms with Crippen LogP contribution in [-0.2, 0) is 4.79 Å². The molecule has 0 aliphatic heterocycles. The fourth-order valence-corrected chi connectivity index (χ4v) is 1.73. The lowest BCUT2D eigenvalue weighted by Crippen LogP contribution is -2.19. The van der Waals surface area contributed by atoms with Crippen molar-refractivity contribution in [3.63, 3.8) is 0 Å². The summed E-state index contributed by atoms with van der Waals surface area (Å²) in [5.41, 5.74) is 1.63. The number of carbonyl (C=O) groups excluding carboxylic acids is 1. The van der Waals surface area contributed by atoms with Crippen LogP contribution in [0.25, 0.3) is 10.9 Å². The predicted molar refractivity (Wildman–Crippen MR) is 69.4 cm³/mol. The van der Waals surface area contributed by atoms with E-state index in [0.717, 1.165) is 21.1 Å². The number of nitrogens with zero attached hydrogens (tertiary/aromatic N) is 1. The topological polar surface area (TPSA) is 57.8 Å². The predicted octanol–water partition coefficient (Wildman–Crippen LogP) is 1.81. The maximum absolute atomic E-state index is 10.7. The van der Waals surface area contributed by atoms with Gasteiger partial charge in [0.05, 0.1) is 12.1 Å². The molecule has 1 heterocycles. The highest BCUT2D eigenvalue weighted by Crippen LogP contribution is 2.19. The van der Waals surface area contributed by atoms with Crippen LogP contribution in [0.5, 0.6) is 0 Å². The van der Waals surface area contributed by atoms with Crippen molar-refractivity contribution < 1.29 is 4.79 Å². The number of hydrogen-bond donors (Lipinski definition) is 2. The van der Waals surface area contributed by atoms with Crippen molar-refractivity contribution in [2.45, 2.75) is 6.92 Å². The summed E-state index contributed by atoms with van der Waals surface area (Å²) in [6.07, 6.45) is 0. The summed E-state index contributed by atoms with van der Waals surface area (Å²) in [6, 6.07) is 5.81. The minimum atomic E-state index is -0.0855. The first-order valence-corrected chi connectivity index (χ1v) is 5.83. The van der Waals surface area contributed by atoms with Crippen LogP contribution < -0.4 is 5.32 Å². The minimum absolute atomic E-state index is 0.0855. The van der Waals surface area contributed by atoms with Crippen molar-refractivity contribution in [2.24, 2.45) is 0 Å². The van der Waals surface area contributed by atoms with Gasteiger partial charge in [-0.05, 0) is 24.1 Å². The molecule has 0 aliphatic rings. The van der Waals surface area contributed by atoms with Crippen LogP contribution in [0.3, 0.4) is 0 Å². The van der Waals surface area contributed by atoms with Gasteiger partial charge in [-0.2, -0.15) is 5.10 Å². The van der Waals surface area contributed by atoms with Crippen molar-refractivity contribution in [3.05, 3.63) is 28.4 Å². The van der Waals surface area contributed by atoms with Gasteiger partial charge in [-0.15, -0.1) is 0 Å². The number of rotatable bonds is 1. The molecule has 0 atom stereocenters. The third-order valence-corrected chi connectivity index (χ3v) is 2.65. The van der Waals surface area contributed by atoms with Crippen LogP contribution in [0, 0.1) is 11.8 Å². The molecule has 2 N–H and O–H groups in total. The molecular weight excluding hydrogens is 282 g/mol. The second-order valence-electron chi connectivity index (χ2n) is 3.47. The fourth-order valence-electron chi connectivity index (χ4n) is 1.38. The lowest BCUT2D eigenvalue weighted by molar-refractivity contribution is -0.118. The van der Waals surface area contributed by atoms with E-state index in [0.29, 0.717) is 6.54 Å². The number of halogens is 1. The Hall–Kier alpha value is -1.80. The van der Waals surface area contributed by atoms with Crippen LogP contribution >= 0.6 is 15.9 Å². The summed E-state index contributed by atoms with van der Waals surface area (Å²) in [5.74, 6) is 5.72. The molecule has 17 heavy (non-hydrogen) atoms. The zero-order chi connectivity index (χ0) is 12.3. The van der Waals surface area contributed by atoms with Crippen LogP contribution in [0.15, 0.2) is 22.7 Å². The molecule has 1 aromatic heterocycles. The van der Waals surface area contributed by atoms with Gasteiger partial charge in [0.15, 0.2) is 0 Å². The van der Waals surface area contributed by atoms with Crippen molar-refractivity contribution in [1.29, 1.82) is 0 Å². The molecule has 0 unspecified atom stereocenters. The molecule has 5 heteroatoms. The van der Waals surface area contributed by atoms with E-state index < -0.39 is 0 Å². The Morgan fingerprint density at radius 2 is 2.41 bits per heavy atom. The van der Waals surface area contributed by atoms with Crippen LogP contribution in [-0.4, -0.2) is 22.6 Å². The van der Waals surface area contributed by atoms with Crippen LogP contribution in [0.2, 0.25) is 0 Å². The number of H-pyrrole nitrogens is 1. The minimum Gasteiger partial charge on any atom is -0.345 e. The average Bonchev–Trinajstić information content (AvgIpc) is 2.66. The molecule has 0 saturated heterocycles. The van der Waals surface area contributed by atoms with Gasteiger partial charge in [0.2, 0.25) is 5.91 Å². The van der Waals surface area contributed by atoms with Gasteiger partial charge in [-0.3, -0.25) is 9.89 Å². The molecule has 0 spiro atoms. The summed E-state index contributed by atoms with van der Waals surface area (Å²) < 4.78 is 0.981. The fraction of sp³-hybridized carbons (Fsp3) is 0.167. The normalized spacial score (nSPS) is 9.76. The summed E-state index contributed by atoms with van der Waals surface area (Å²) in [5, 5.41) is 10.6.